The SMILES string of the molecule is O=P([O-])([O-])Cc1cccc2ccccc12.O=P([O-])([O-])Cc1cccc2ccccc12.[Mg+2].[Mg+2]. The van der Waals surface area contributed by atoms with Gasteiger partial charge in [-0.15, -0.1) is 0 Å². The Bertz CT molecular complexity index is 1160. The van der Waals surface area contributed by atoms with E-state index in [9.17, 15) is 28.7 Å². The van der Waals surface area contributed by atoms with Gasteiger partial charge in [0, 0.05) is 12.3 Å². The van der Waals surface area contributed by atoms with Gasteiger partial charge in [0.25, 0.3) is 0 Å². The molecule has 0 fully saturated rings. The molecule has 0 N–H and O–H groups in total. The van der Waals surface area contributed by atoms with Gasteiger partial charge in [-0.25, -0.2) is 0 Å². The van der Waals surface area contributed by atoms with Gasteiger partial charge in [0.2, 0.25) is 0 Å². The third-order valence-corrected chi connectivity index (χ3v) is 5.94. The molecule has 0 bridgehead atoms. The zero-order valence-electron chi connectivity index (χ0n) is 17.3. The van der Waals surface area contributed by atoms with Crippen LogP contribution in [0.25, 0.3) is 21.5 Å². The number of hydrogen-bond acceptors (Lipinski definition) is 6. The van der Waals surface area contributed by atoms with Crippen molar-refractivity contribution in [2.45, 2.75) is 12.3 Å². The van der Waals surface area contributed by atoms with Crippen molar-refractivity contribution in [1.29, 1.82) is 0 Å². The van der Waals surface area contributed by atoms with Gasteiger partial charge in [0.05, 0.1) is 0 Å². The second kappa shape index (κ2) is 12.6. The summed E-state index contributed by atoms with van der Waals surface area (Å²) in [6.45, 7) is 0. The maximum atomic E-state index is 10.7. The Kier molecular flexibility index (Phi) is 11.5. The fourth-order valence-corrected chi connectivity index (χ4v) is 4.66. The van der Waals surface area contributed by atoms with Crippen molar-refractivity contribution in [3.8, 4) is 0 Å². The molecule has 0 unspecified atom stereocenters. The molecule has 0 aliphatic heterocycles. The average Bonchev–Trinajstić information content (AvgIpc) is 2.67. The Balaban J connectivity index is 0.000000301. The molecule has 0 heterocycles. The van der Waals surface area contributed by atoms with Gasteiger partial charge in [-0.2, -0.15) is 0 Å². The Labute approximate surface area is 218 Å². The number of fused-ring (bicyclic) bond motifs is 2. The zero-order valence-corrected chi connectivity index (χ0v) is 21.9. The topological polar surface area (TPSA) is 126 Å². The van der Waals surface area contributed by atoms with Gasteiger partial charge in [0.1, 0.15) is 0 Å². The van der Waals surface area contributed by atoms with Gasteiger partial charge >= 0.3 is 46.1 Å². The van der Waals surface area contributed by atoms with E-state index in [0.717, 1.165) is 21.5 Å². The number of rotatable bonds is 4. The quantitative estimate of drug-likeness (QED) is 0.318. The van der Waals surface area contributed by atoms with Crippen LogP contribution in [0.15, 0.2) is 84.9 Å². The van der Waals surface area contributed by atoms with E-state index in [1.165, 1.54) is 0 Å². The van der Waals surface area contributed by atoms with Crippen LogP contribution in [-0.2, 0) is 21.5 Å². The van der Waals surface area contributed by atoms with Gasteiger partial charge in [-0.3, -0.25) is 0 Å². The third kappa shape index (κ3) is 8.88. The van der Waals surface area contributed by atoms with E-state index < -0.39 is 27.5 Å². The van der Waals surface area contributed by atoms with E-state index in [0.29, 0.717) is 11.1 Å². The molecule has 6 nitrogen and oxygen atoms in total. The average molecular weight is 489 g/mol. The van der Waals surface area contributed by atoms with Crippen LogP contribution >= 0.6 is 15.2 Å². The minimum Gasteiger partial charge on any atom is -0.810 e. The van der Waals surface area contributed by atoms with Gasteiger partial charge in [-0.05, 0) is 32.7 Å². The molecule has 156 valence electrons. The summed E-state index contributed by atoms with van der Waals surface area (Å²) in [4.78, 5) is 42.9. The molecule has 32 heavy (non-hydrogen) atoms. The first-order chi connectivity index (χ1) is 14.1. The smallest absolute Gasteiger partial charge is 0.810 e. The first-order valence-electron chi connectivity index (χ1n) is 9.08. The Morgan fingerprint density at radius 1 is 0.500 bits per heavy atom. The van der Waals surface area contributed by atoms with E-state index in [-0.39, 0.29) is 46.1 Å². The second-order valence-corrected chi connectivity index (χ2v) is 9.89. The summed E-state index contributed by atoms with van der Waals surface area (Å²) < 4.78 is 21.4. The molecule has 0 saturated carbocycles. The fraction of sp³-hybridized carbons (Fsp3) is 0.0909. The van der Waals surface area contributed by atoms with Crippen LogP contribution in [0.5, 0.6) is 0 Å². The van der Waals surface area contributed by atoms with Gasteiger partial charge in [0.15, 0.2) is 0 Å². The third-order valence-electron chi connectivity index (χ3n) is 4.49. The second-order valence-electron chi connectivity index (χ2n) is 6.81. The minimum atomic E-state index is -4.49. The molecule has 0 saturated heterocycles. The Morgan fingerprint density at radius 2 is 0.812 bits per heavy atom. The van der Waals surface area contributed by atoms with Crippen LogP contribution in [-0.4, -0.2) is 46.1 Å². The Morgan fingerprint density at radius 3 is 1.16 bits per heavy atom. The van der Waals surface area contributed by atoms with Crippen LogP contribution < -0.4 is 19.6 Å². The predicted molar refractivity (Wildman–Crippen MR) is 122 cm³/mol. The molecule has 0 aliphatic rings. The van der Waals surface area contributed by atoms with Crippen LogP contribution in [0, 0.1) is 0 Å². The first-order valence-corrected chi connectivity index (χ1v) is 12.5. The van der Waals surface area contributed by atoms with Gasteiger partial charge in [-0.1, -0.05) is 100 Å². The van der Waals surface area contributed by atoms with Crippen molar-refractivity contribution in [3.63, 3.8) is 0 Å². The van der Waals surface area contributed by atoms with Crippen molar-refractivity contribution in [2.24, 2.45) is 0 Å². The van der Waals surface area contributed by atoms with Crippen molar-refractivity contribution in [3.05, 3.63) is 96.1 Å². The van der Waals surface area contributed by atoms with Crippen LogP contribution in [0.3, 0.4) is 0 Å². The van der Waals surface area contributed by atoms with E-state index in [1.54, 1.807) is 24.3 Å². The zero-order chi connectivity index (χ0) is 21.8. The predicted octanol–water partition coefficient (Wildman–Crippen LogP) is 1.75. The van der Waals surface area contributed by atoms with Crippen molar-refractivity contribution in [2.75, 3.05) is 0 Å². The molecule has 4 aromatic rings. The van der Waals surface area contributed by atoms with Crippen LogP contribution in [0.4, 0.5) is 0 Å². The molecule has 4 rings (SSSR count). The van der Waals surface area contributed by atoms with Crippen molar-refractivity contribution < 1.29 is 28.7 Å². The monoisotopic (exact) mass is 488 g/mol. The molecule has 0 atom stereocenters. The molecule has 0 aliphatic carbocycles. The maximum absolute atomic E-state index is 10.7. The van der Waals surface area contributed by atoms with E-state index >= 15 is 0 Å². The summed E-state index contributed by atoms with van der Waals surface area (Å²) in [7, 11) is -8.98. The molecule has 0 spiro atoms. The summed E-state index contributed by atoms with van der Waals surface area (Å²) in [5.74, 6) is 0. The van der Waals surface area contributed by atoms with Crippen molar-refractivity contribution >= 4 is 82.8 Å². The largest absolute Gasteiger partial charge is 2.00 e. The van der Waals surface area contributed by atoms with E-state index in [2.05, 4.69) is 0 Å². The molecule has 0 amide bonds. The summed E-state index contributed by atoms with van der Waals surface area (Å²) in [5.41, 5.74) is 1.14. The maximum Gasteiger partial charge on any atom is 2.00 e. The van der Waals surface area contributed by atoms with E-state index in [4.69, 9.17) is 0 Å². The fourth-order valence-electron chi connectivity index (χ4n) is 3.28. The molecular formula is C22H18Mg2O6P2. The van der Waals surface area contributed by atoms with Crippen molar-refractivity contribution in [1.82, 2.24) is 0 Å². The number of benzene rings is 4. The molecule has 4 aromatic carbocycles. The van der Waals surface area contributed by atoms with Crippen LogP contribution in [0.1, 0.15) is 11.1 Å². The van der Waals surface area contributed by atoms with E-state index in [1.807, 2.05) is 60.7 Å². The van der Waals surface area contributed by atoms with Gasteiger partial charge < -0.3 is 28.7 Å². The standard InChI is InChI=1S/2C11H11O3P.2Mg/c2*12-15(13,14)8-10-6-3-5-9-4-1-2-7-11(9)10;;/h2*1-7H,8H2,(H2,12,13,14);;/q;;2*+2/p-4. The normalized spacial score (nSPS) is 11.1. The summed E-state index contributed by atoms with van der Waals surface area (Å²) >= 11 is 0. The molecule has 10 heteroatoms. The first kappa shape index (κ1) is 29.3. The minimum absolute atomic E-state index is 0. The molecular weight excluding hydrogens is 471 g/mol. The summed E-state index contributed by atoms with van der Waals surface area (Å²) in [6, 6.07) is 25.5. The molecule has 0 radical (unpaired) electrons. The summed E-state index contributed by atoms with van der Waals surface area (Å²) in [5, 5.41) is 3.55. The Hall–Kier alpha value is -0.768. The molecule has 0 aromatic heterocycles. The number of hydrogen-bond donors (Lipinski definition) is 0. The van der Waals surface area contributed by atoms with Crippen LogP contribution in [0.2, 0.25) is 0 Å². The summed E-state index contributed by atoms with van der Waals surface area (Å²) in [6.07, 6.45) is -0.845.